The molecule has 1 N–H and O–H groups in total. The first-order valence-electron chi connectivity index (χ1n) is 4.39. The molecule has 70 valence electrons. The van der Waals surface area contributed by atoms with E-state index in [1.807, 2.05) is 18.2 Å². The van der Waals surface area contributed by atoms with Crippen LogP contribution in [0.2, 0.25) is 0 Å². The van der Waals surface area contributed by atoms with E-state index in [4.69, 9.17) is 5.11 Å². The van der Waals surface area contributed by atoms with Crippen molar-refractivity contribution in [1.82, 2.24) is 0 Å². The lowest BCUT2D eigenvalue weighted by molar-refractivity contribution is 0.0697. The Morgan fingerprint density at radius 1 is 1.36 bits per heavy atom. The lowest BCUT2D eigenvalue weighted by atomic mass is 9.93. The van der Waals surface area contributed by atoms with Crippen LogP contribution in [0, 0.1) is 0 Å². The number of allylic oxidation sites excluding steroid dienone is 2. The van der Waals surface area contributed by atoms with Crippen molar-refractivity contribution in [2.75, 3.05) is 0 Å². The van der Waals surface area contributed by atoms with Crippen LogP contribution in [0.4, 0.5) is 0 Å². The Morgan fingerprint density at radius 3 is 2.86 bits per heavy atom. The highest BCUT2D eigenvalue weighted by Crippen LogP contribution is 2.22. The minimum atomic E-state index is -0.884. The molecule has 0 unspecified atom stereocenters. The molecule has 14 heavy (non-hydrogen) atoms. The standard InChI is InChI=1S/C12H10O2/c1-8-2-3-10-7-11(12(13)14)5-4-9(10)6-8/h2-5,7H,1,6H2,(H,13,14). The van der Waals surface area contributed by atoms with E-state index in [1.54, 1.807) is 12.1 Å². The van der Waals surface area contributed by atoms with Gasteiger partial charge in [-0.25, -0.2) is 4.79 Å². The van der Waals surface area contributed by atoms with E-state index < -0.39 is 5.97 Å². The second kappa shape index (κ2) is 3.14. The summed E-state index contributed by atoms with van der Waals surface area (Å²) in [7, 11) is 0. The van der Waals surface area contributed by atoms with Crippen LogP contribution >= 0.6 is 0 Å². The van der Waals surface area contributed by atoms with E-state index in [0.29, 0.717) is 5.56 Å². The summed E-state index contributed by atoms with van der Waals surface area (Å²) < 4.78 is 0. The van der Waals surface area contributed by atoms with Gasteiger partial charge in [0.05, 0.1) is 5.56 Å². The number of fused-ring (bicyclic) bond motifs is 1. The number of carboxylic acids is 1. The molecule has 0 spiro atoms. The Morgan fingerprint density at radius 2 is 2.14 bits per heavy atom. The van der Waals surface area contributed by atoms with Crippen LogP contribution in [0.3, 0.4) is 0 Å². The highest BCUT2D eigenvalue weighted by Gasteiger charge is 2.09. The molecule has 0 radical (unpaired) electrons. The molecule has 0 aromatic heterocycles. The van der Waals surface area contributed by atoms with Gasteiger partial charge in [-0.05, 0) is 29.7 Å². The van der Waals surface area contributed by atoms with Crippen LogP contribution in [0.25, 0.3) is 6.08 Å². The van der Waals surface area contributed by atoms with Crippen molar-refractivity contribution in [3.05, 3.63) is 53.1 Å². The number of benzene rings is 1. The molecule has 1 aliphatic rings. The maximum atomic E-state index is 10.7. The fourth-order valence-electron chi connectivity index (χ4n) is 1.56. The Kier molecular flexibility index (Phi) is 1.97. The van der Waals surface area contributed by atoms with Gasteiger partial charge >= 0.3 is 5.97 Å². The normalized spacial score (nSPS) is 13.9. The number of aromatic carboxylic acids is 1. The Balaban J connectivity index is 2.49. The van der Waals surface area contributed by atoms with Gasteiger partial charge < -0.3 is 5.11 Å². The van der Waals surface area contributed by atoms with E-state index in [9.17, 15) is 4.79 Å². The molecule has 0 atom stereocenters. The maximum Gasteiger partial charge on any atom is 0.335 e. The summed E-state index contributed by atoms with van der Waals surface area (Å²) in [5.41, 5.74) is 3.52. The van der Waals surface area contributed by atoms with Gasteiger partial charge in [0.15, 0.2) is 0 Å². The second-order valence-corrected chi connectivity index (χ2v) is 3.39. The van der Waals surface area contributed by atoms with Gasteiger partial charge in [-0.3, -0.25) is 0 Å². The van der Waals surface area contributed by atoms with E-state index >= 15 is 0 Å². The predicted molar refractivity (Wildman–Crippen MR) is 55.3 cm³/mol. The molecule has 1 aromatic carbocycles. The van der Waals surface area contributed by atoms with Crippen molar-refractivity contribution in [3.63, 3.8) is 0 Å². The van der Waals surface area contributed by atoms with Gasteiger partial charge in [0, 0.05) is 0 Å². The number of hydrogen-bond acceptors (Lipinski definition) is 1. The Hall–Kier alpha value is -1.83. The first-order chi connectivity index (χ1) is 6.66. The average Bonchev–Trinajstić information content (AvgIpc) is 2.16. The van der Waals surface area contributed by atoms with Crippen LogP contribution in [-0.2, 0) is 6.42 Å². The van der Waals surface area contributed by atoms with Crippen LogP contribution in [0.5, 0.6) is 0 Å². The summed E-state index contributed by atoms with van der Waals surface area (Å²) in [6.45, 7) is 3.87. The summed E-state index contributed by atoms with van der Waals surface area (Å²) in [4.78, 5) is 10.7. The van der Waals surface area contributed by atoms with Gasteiger partial charge in [-0.1, -0.05) is 30.4 Å². The molecule has 0 bridgehead atoms. The summed E-state index contributed by atoms with van der Waals surface area (Å²) >= 11 is 0. The van der Waals surface area contributed by atoms with Gasteiger partial charge in [0.25, 0.3) is 0 Å². The molecule has 0 saturated carbocycles. The third kappa shape index (κ3) is 1.46. The van der Waals surface area contributed by atoms with Crippen LogP contribution in [0.15, 0.2) is 36.4 Å². The molecule has 0 fully saturated rings. The number of hydrogen-bond donors (Lipinski definition) is 1. The van der Waals surface area contributed by atoms with Crippen molar-refractivity contribution in [3.8, 4) is 0 Å². The topological polar surface area (TPSA) is 37.3 Å². The zero-order chi connectivity index (χ0) is 10.1. The highest BCUT2D eigenvalue weighted by atomic mass is 16.4. The molecule has 2 nitrogen and oxygen atoms in total. The molecular formula is C12H10O2. The Bertz CT molecular complexity index is 442. The first-order valence-corrected chi connectivity index (χ1v) is 4.39. The zero-order valence-electron chi connectivity index (χ0n) is 7.66. The van der Waals surface area contributed by atoms with Crippen molar-refractivity contribution in [2.24, 2.45) is 0 Å². The predicted octanol–water partition coefficient (Wildman–Crippen LogP) is 2.51. The van der Waals surface area contributed by atoms with Gasteiger partial charge in [0.2, 0.25) is 0 Å². The van der Waals surface area contributed by atoms with E-state index in [2.05, 4.69) is 6.58 Å². The molecule has 0 saturated heterocycles. The van der Waals surface area contributed by atoms with Crippen molar-refractivity contribution < 1.29 is 9.90 Å². The highest BCUT2D eigenvalue weighted by molar-refractivity contribution is 5.88. The largest absolute Gasteiger partial charge is 0.478 e. The number of carbonyl (C=O) groups is 1. The molecule has 1 aromatic rings. The first kappa shape index (κ1) is 8.75. The summed E-state index contributed by atoms with van der Waals surface area (Å²) in [6, 6.07) is 5.18. The second-order valence-electron chi connectivity index (χ2n) is 3.39. The fraction of sp³-hybridized carbons (Fsp3) is 0.0833. The minimum absolute atomic E-state index is 0.334. The monoisotopic (exact) mass is 186 g/mol. The molecular weight excluding hydrogens is 176 g/mol. The smallest absolute Gasteiger partial charge is 0.335 e. The molecule has 0 heterocycles. The quantitative estimate of drug-likeness (QED) is 0.731. The van der Waals surface area contributed by atoms with Gasteiger partial charge in [-0.2, -0.15) is 0 Å². The summed E-state index contributed by atoms with van der Waals surface area (Å²) in [5.74, 6) is -0.884. The lowest BCUT2D eigenvalue weighted by Crippen LogP contribution is -2.01. The van der Waals surface area contributed by atoms with Crippen LogP contribution < -0.4 is 0 Å². The minimum Gasteiger partial charge on any atom is -0.478 e. The van der Waals surface area contributed by atoms with Crippen molar-refractivity contribution >= 4 is 12.0 Å². The number of rotatable bonds is 1. The summed E-state index contributed by atoms with van der Waals surface area (Å²) in [6.07, 6.45) is 4.65. The van der Waals surface area contributed by atoms with Crippen molar-refractivity contribution in [1.29, 1.82) is 0 Å². The molecule has 1 aliphatic carbocycles. The van der Waals surface area contributed by atoms with Crippen LogP contribution in [-0.4, -0.2) is 11.1 Å². The van der Waals surface area contributed by atoms with Crippen LogP contribution in [0.1, 0.15) is 21.5 Å². The SMILES string of the molecule is C=C1C=Cc2cc(C(=O)O)ccc2C1. The lowest BCUT2D eigenvalue weighted by Gasteiger charge is -2.12. The number of carboxylic acid groups (broad SMARTS) is 1. The zero-order valence-corrected chi connectivity index (χ0v) is 7.66. The third-order valence-corrected chi connectivity index (χ3v) is 2.31. The Labute approximate surface area is 82.2 Å². The molecule has 2 rings (SSSR count). The van der Waals surface area contributed by atoms with E-state index in [0.717, 1.165) is 23.1 Å². The average molecular weight is 186 g/mol. The molecule has 0 amide bonds. The molecule has 2 heteroatoms. The summed E-state index contributed by atoms with van der Waals surface area (Å²) in [5, 5.41) is 8.80. The van der Waals surface area contributed by atoms with Gasteiger partial charge in [0.1, 0.15) is 0 Å². The maximum absolute atomic E-state index is 10.7. The third-order valence-electron chi connectivity index (χ3n) is 2.31. The van der Waals surface area contributed by atoms with Crippen molar-refractivity contribution in [2.45, 2.75) is 6.42 Å². The van der Waals surface area contributed by atoms with E-state index in [-0.39, 0.29) is 0 Å². The van der Waals surface area contributed by atoms with Gasteiger partial charge in [-0.15, -0.1) is 0 Å². The van der Waals surface area contributed by atoms with E-state index in [1.165, 1.54) is 0 Å². The fourth-order valence-corrected chi connectivity index (χ4v) is 1.56. The molecule has 0 aliphatic heterocycles.